The first-order valence-electron chi connectivity index (χ1n) is 11.1. The predicted octanol–water partition coefficient (Wildman–Crippen LogP) is 5.46. The summed E-state index contributed by atoms with van der Waals surface area (Å²) in [6.07, 6.45) is 0. The predicted molar refractivity (Wildman–Crippen MR) is 132 cm³/mol. The largest absolute Gasteiger partial charge is 0.497 e. The van der Waals surface area contributed by atoms with Crippen molar-refractivity contribution in [2.75, 3.05) is 19.1 Å². The van der Waals surface area contributed by atoms with E-state index in [-0.39, 0.29) is 6.03 Å². The van der Waals surface area contributed by atoms with Gasteiger partial charge in [0.05, 0.1) is 31.5 Å². The lowest BCUT2D eigenvalue weighted by Gasteiger charge is -2.35. The molecule has 0 spiro atoms. The SMILES string of the molecule is COc1ccc(-c2noc(C3=C(C)N(c4cccc(OC)c4)C(=O)NC3c3ccccc3)n2)cc1. The maximum Gasteiger partial charge on any atom is 0.327 e. The first-order valence-corrected chi connectivity index (χ1v) is 11.1. The van der Waals surface area contributed by atoms with Crippen molar-refractivity contribution in [1.29, 1.82) is 0 Å². The molecule has 8 heteroatoms. The fourth-order valence-electron chi connectivity index (χ4n) is 4.17. The zero-order chi connectivity index (χ0) is 24.4. The Morgan fingerprint density at radius 3 is 2.37 bits per heavy atom. The topological polar surface area (TPSA) is 89.7 Å². The second kappa shape index (κ2) is 9.34. The van der Waals surface area contributed by atoms with Crippen LogP contribution in [0.3, 0.4) is 0 Å². The van der Waals surface area contributed by atoms with E-state index in [0.29, 0.717) is 34.4 Å². The molecule has 2 amide bonds. The van der Waals surface area contributed by atoms with Gasteiger partial charge in [0.2, 0.25) is 5.82 Å². The Balaban J connectivity index is 1.63. The number of urea groups is 1. The van der Waals surface area contributed by atoms with E-state index in [0.717, 1.165) is 16.9 Å². The van der Waals surface area contributed by atoms with Crippen LogP contribution in [0.25, 0.3) is 17.0 Å². The highest BCUT2D eigenvalue weighted by atomic mass is 16.5. The van der Waals surface area contributed by atoms with E-state index in [1.165, 1.54) is 0 Å². The van der Waals surface area contributed by atoms with Gasteiger partial charge in [-0.2, -0.15) is 4.98 Å². The van der Waals surface area contributed by atoms with E-state index in [1.54, 1.807) is 25.2 Å². The van der Waals surface area contributed by atoms with Crippen molar-refractivity contribution in [1.82, 2.24) is 15.5 Å². The molecule has 1 atom stereocenters. The molecule has 2 heterocycles. The van der Waals surface area contributed by atoms with Gasteiger partial charge in [-0.3, -0.25) is 4.90 Å². The lowest BCUT2D eigenvalue weighted by molar-refractivity contribution is 0.244. The molecule has 176 valence electrons. The van der Waals surface area contributed by atoms with Crippen LogP contribution >= 0.6 is 0 Å². The molecule has 1 aliphatic heterocycles. The molecule has 0 bridgehead atoms. The normalized spacial score (nSPS) is 15.7. The molecule has 0 saturated carbocycles. The number of methoxy groups -OCH3 is 2. The maximum absolute atomic E-state index is 13.3. The second-order valence-electron chi connectivity index (χ2n) is 7.98. The number of benzene rings is 3. The lowest BCUT2D eigenvalue weighted by Crippen LogP contribution is -2.46. The number of allylic oxidation sites excluding steroid dienone is 1. The van der Waals surface area contributed by atoms with Gasteiger partial charge in [-0.15, -0.1) is 0 Å². The number of carbonyl (C=O) groups is 1. The highest BCUT2D eigenvalue weighted by molar-refractivity contribution is 6.01. The number of rotatable bonds is 6. The van der Waals surface area contributed by atoms with Crippen molar-refractivity contribution < 1.29 is 18.8 Å². The molecular formula is C27H24N4O4. The number of anilines is 1. The summed E-state index contributed by atoms with van der Waals surface area (Å²) >= 11 is 0. The zero-order valence-corrected chi connectivity index (χ0v) is 19.6. The Kier molecular flexibility index (Phi) is 5.93. The number of amides is 2. The van der Waals surface area contributed by atoms with Gasteiger partial charge in [0.1, 0.15) is 11.5 Å². The maximum atomic E-state index is 13.3. The molecular weight excluding hydrogens is 444 g/mol. The van der Waals surface area contributed by atoms with Crippen LogP contribution in [0.2, 0.25) is 0 Å². The van der Waals surface area contributed by atoms with Gasteiger partial charge in [-0.25, -0.2) is 4.79 Å². The van der Waals surface area contributed by atoms with Crippen molar-refractivity contribution in [2.45, 2.75) is 13.0 Å². The van der Waals surface area contributed by atoms with E-state index >= 15 is 0 Å². The number of hydrogen-bond donors (Lipinski definition) is 1. The monoisotopic (exact) mass is 468 g/mol. The van der Waals surface area contributed by atoms with Crippen LogP contribution in [-0.2, 0) is 0 Å². The highest BCUT2D eigenvalue weighted by Gasteiger charge is 2.36. The number of nitrogens with zero attached hydrogens (tertiary/aromatic N) is 3. The standard InChI is InChI=1S/C27H24N4O4/c1-17-23(26-29-25(30-35-26)19-12-14-21(33-2)15-13-19)24(18-8-5-4-6-9-18)28-27(32)31(17)20-10-7-11-22(16-20)34-3/h4-16,24H,1-3H3,(H,28,32). The second-order valence-corrected chi connectivity index (χ2v) is 7.98. The van der Waals surface area contributed by atoms with Gasteiger partial charge >= 0.3 is 6.03 Å². The van der Waals surface area contributed by atoms with Crippen LogP contribution in [0.4, 0.5) is 10.5 Å². The number of ether oxygens (including phenoxy) is 2. The number of aromatic nitrogens is 2. The Hall–Kier alpha value is -4.59. The molecule has 0 aliphatic carbocycles. The molecule has 1 unspecified atom stereocenters. The summed E-state index contributed by atoms with van der Waals surface area (Å²) in [5.41, 5.74) is 3.76. The molecule has 0 fully saturated rings. The number of hydrogen-bond acceptors (Lipinski definition) is 6. The van der Waals surface area contributed by atoms with Gasteiger partial charge in [0, 0.05) is 17.3 Å². The van der Waals surface area contributed by atoms with Crippen LogP contribution in [0.5, 0.6) is 11.5 Å². The van der Waals surface area contributed by atoms with Crippen molar-refractivity contribution in [2.24, 2.45) is 0 Å². The fraction of sp³-hybridized carbons (Fsp3) is 0.148. The Morgan fingerprint density at radius 2 is 1.66 bits per heavy atom. The van der Waals surface area contributed by atoms with E-state index in [4.69, 9.17) is 19.0 Å². The molecule has 8 nitrogen and oxygen atoms in total. The summed E-state index contributed by atoms with van der Waals surface area (Å²) in [7, 11) is 3.21. The Morgan fingerprint density at radius 1 is 0.914 bits per heavy atom. The lowest BCUT2D eigenvalue weighted by atomic mass is 9.94. The van der Waals surface area contributed by atoms with Crippen molar-refractivity contribution in [3.05, 3.63) is 96.0 Å². The summed E-state index contributed by atoms with van der Waals surface area (Å²) in [6, 6.07) is 23.7. The molecule has 35 heavy (non-hydrogen) atoms. The van der Waals surface area contributed by atoms with Crippen LogP contribution < -0.4 is 19.7 Å². The minimum atomic E-state index is -0.463. The van der Waals surface area contributed by atoms with E-state index in [2.05, 4.69) is 10.5 Å². The van der Waals surface area contributed by atoms with Gasteiger partial charge in [0.25, 0.3) is 5.89 Å². The first-order chi connectivity index (χ1) is 17.1. The fourth-order valence-corrected chi connectivity index (χ4v) is 4.17. The summed E-state index contributed by atoms with van der Waals surface area (Å²) in [5, 5.41) is 7.32. The summed E-state index contributed by atoms with van der Waals surface area (Å²) in [6.45, 7) is 1.88. The quantitative estimate of drug-likeness (QED) is 0.404. The molecule has 1 aromatic heterocycles. The van der Waals surface area contributed by atoms with Crippen LogP contribution in [-0.4, -0.2) is 30.4 Å². The molecule has 1 aliphatic rings. The summed E-state index contributed by atoms with van der Waals surface area (Å²) < 4.78 is 16.3. The molecule has 0 radical (unpaired) electrons. The van der Waals surface area contributed by atoms with Crippen molar-refractivity contribution in [3.8, 4) is 22.9 Å². The molecule has 5 rings (SSSR count). The zero-order valence-electron chi connectivity index (χ0n) is 19.6. The first kappa shape index (κ1) is 22.2. The average Bonchev–Trinajstić information content (AvgIpc) is 3.39. The van der Waals surface area contributed by atoms with Gasteiger partial charge in [0.15, 0.2) is 0 Å². The highest BCUT2D eigenvalue weighted by Crippen LogP contribution is 2.39. The minimum Gasteiger partial charge on any atom is -0.497 e. The average molecular weight is 469 g/mol. The van der Waals surface area contributed by atoms with Gasteiger partial charge < -0.3 is 19.3 Å². The van der Waals surface area contributed by atoms with Crippen molar-refractivity contribution in [3.63, 3.8) is 0 Å². The Labute approximate surface area is 202 Å². The summed E-state index contributed by atoms with van der Waals surface area (Å²) in [4.78, 5) is 19.6. The third-order valence-corrected chi connectivity index (χ3v) is 5.93. The number of nitrogens with one attached hydrogen (secondary N) is 1. The van der Waals surface area contributed by atoms with E-state index < -0.39 is 6.04 Å². The third-order valence-electron chi connectivity index (χ3n) is 5.93. The smallest absolute Gasteiger partial charge is 0.327 e. The Bertz CT molecular complexity index is 1380. The molecule has 4 aromatic rings. The minimum absolute atomic E-state index is 0.261. The van der Waals surface area contributed by atoms with Crippen LogP contribution in [0, 0.1) is 0 Å². The third kappa shape index (κ3) is 4.21. The van der Waals surface area contributed by atoms with Crippen molar-refractivity contribution >= 4 is 17.3 Å². The van der Waals surface area contributed by atoms with Gasteiger partial charge in [-0.05, 0) is 48.9 Å². The van der Waals surface area contributed by atoms with E-state index in [1.807, 2.05) is 79.7 Å². The number of carbonyl (C=O) groups excluding carboxylic acids is 1. The van der Waals surface area contributed by atoms with Crippen LogP contribution in [0.15, 0.2) is 89.1 Å². The van der Waals surface area contributed by atoms with Gasteiger partial charge in [-0.1, -0.05) is 41.6 Å². The summed E-state index contributed by atoms with van der Waals surface area (Å²) in [5.74, 6) is 2.16. The molecule has 0 saturated heterocycles. The van der Waals surface area contributed by atoms with Crippen LogP contribution in [0.1, 0.15) is 24.4 Å². The van der Waals surface area contributed by atoms with E-state index in [9.17, 15) is 4.79 Å². The molecule has 1 N–H and O–H groups in total. The molecule has 3 aromatic carbocycles.